The van der Waals surface area contributed by atoms with Crippen LogP contribution in [0.25, 0.3) is 21.5 Å². The summed E-state index contributed by atoms with van der Waals surface area (Å²) in [5, 5.41) is 3.09. The van der Waals surface area contributed by atoms with Gasteiger partial charge in [-0.3, -0.25) is 4.79 Å². The summed E-state index contributed by atoms with van der Waals surface area (Å²) in [6.07, 6.45) is -2.04. The molecule has 2 N–H and O–H groups in total. The minimum atomic E-state index is -3.10. The molecule has 0 aliphatic heterocycles. The van der Waals surface area contributed by atoms with E-state index >= 15 is 0 Å². The molecule has 0 aliphatic carbocycles. The van der Waals surface area contributed by atoms with Crippen LogP contribution < -0.4 is 5.32 Å². The molecule has 1 amide bonds. The van der Waals surface area contributed by atoms with Gasteiger partial charge < -0.3 is 10.3 Å². The highest BCUT2D eigenvalue weighted by molar-refractivity contribution is 7.17. The molecule has 4 nitrogen and oxygen atoms in total. The number of aromatic amines is 1. The van der Waals surface area contributed by atoms with Crippen LogP contribution in [0.15, 0.2) is 36.7 Å². The highest BCUT2D eigenvalue weighted by Gasteiger charge is 2.20. The summed E-state index contributed by atoms with van der Waals surface area (Å²) in [6.45, 7) is -0.707. The monoisotopic (exact) mass is 339 g/mol. The topological polar surface area (TPSA) is 57.8 Å². The summed E-state index contributed by atoms with van der Waals surface area (Å²) < 4.78 is 37.0. The number of rotatable bonds is 5. The molecule has 0 radical (unpaired) electrons. The van der Waals surface area contributed by atoms with Crippen molar-refractivity contribution >= 4 is 28.3 Å². The molecule has 0 saturated carbocycles. The average molecular weight is 339 g/mol. The second kappa shape index (κ2) is 6.41. The molecule has 8 heteroatoms. The van der Waals surface area contributed by atoms with Gasteiger partial charge in [0.05, 0.1) is 11.4 Å². The first-order valence-electron chi connectivity index (χ1n) is 6.79. The quantitative estimate of drug-likeness (QED) is 0.746. The summed E-state index contributed by atoms with van der Waals surface area (Å²) in [5.41, 5.74) is 1.65. The Balaban J connectivity index is 1.78. The van der Waals surface area contributed by atoms with Crippen molar-refractivity contribution in [2.24, 2.45) is 0 Å². The van der Waals surface area contributed by atoms with E-state index in [0.29, 0.717) is 4.88 Å². The van der Waals surface area contributed by atoms with Gasteiger partial charge in [0, 0.05) is 28.2 Å². The van der Waals surface area contributed by atoms with Gasteiger partial charge in [0.25, 0.3) is 12.3 Å². The molecule has 120 valence electrons. The summed E-state index contributed by atoms with van der Waals surface area (Å²) in [7, 11) is 0. The standard InChI is InChI=1S/C15H12F3N3OS/c16-10(13(17)18)7-21-15(22)12-2-1-11(23-12)8-3-5-19-14-9(8)4-6-20-14/h1-6,10,13H,7H2,(H,19,20)(H,21,22). The first kappa shape index (κ1) is 15.5. The van der Waals surface area contributed by atoms with Crippen molar-refractivity contribution in [2.45, 2.75) is 12.6 Å². The SMILES string of the molecule is O=C(NCC(F)C(F)F)c1ccc(-c2ccnc3[nH]ccc23)s1. The number of thiophene rings is 1. The van der Waals surface area contributed by atoms with Crippen molar-refractivity contribution in [3.8, 4) is 10.4 Å². The molecule has 0 bridgehead atoms. The Morgan fingerprint density at radius 1 is 1.26 bits per heavy atom. The molecule has 3 aromatic rings. The third-order valence-electron chi connectivity index (χ3n) is 3.29. The first-order valence-corrected chi connectivity index (χ1v) is 7.60. The highest BCUT2D eigenvalue weighted by atomic mass is 32.1. The van der Waals surface area contributed by atoms with Gasteiger partial charge in [-0.05, 0) is 24.3 Å². The van der Waals surface area contributed by atoms with Crippen LogP contribution in [0.3, 0.4) is 0 Å². The van der Waals surface area contributed by atoms with Crippen molar-refractivity contribution < 1.29 is 18.0 Å². The smallest absolute Gasteiger partial charge is 0.271 e. The second-order valence-corrected chi connectivity index (χ2v) is 5.91. The fourth-order valence-corrected chi connectivity index (χ4v) is 3.11. The average Bonchev–Trinajstić information content (AvgIpc) is 3.20. The van der Waals surface area contributed by atoms with Crippen LogP contribution >= 0.6 is 11.3 Å². The minimum Gasteiger partial charge on any atom is -0.348 e. The summed E-state index contributed by atoms with van der Waals surface area (Å²) in [6, 6.07) is 7.07. The Bertz CT molecular complexity index is 830. The lowest BCUT2D eigenvalue weighted by atomic mass is 10.1. The Morgan fingerprint density at radius 2 is 2.09 bits per heavy atom. The third-order valence-corrected chi connectivity index (χ3v) is 4.40. The molecule has 1 unspecified atom stereocenters. The molecule has 3 aromatic heterocycles. The van der Waals surface area contributed by atoms with E-state index in [1.807, 2.05) is 12.1 Å². The van der Waals surface area contributed by atoms with Gasteiger partial charge >= 0.3 is 0 Å². The van der Waals surface area contributed by atoms with Gasteiger partial charge in [-0.15, -0.1) is 11.3 Å². The molecule has 3 rings (SSSR count). The van der Waals surface area contributed by atoms with Crippen molar-refractivity contribution in [3.63, 3.8) is 0 Å². The number of alkyl halides is 3. The predicted octanol–water partition coefficient (Wildman–Crippen LogP) is 3.62. The third kappa shape index (κ3) is 3.21. The number of carbonyl (C=O) groups is 1. The number of amides is 1. The van der Waals surface area contributed by atoms with Crippen LogP contribution in [-0.4, -0.2) is 35.0 Å². The minimum absolute atomic E-state index is 0.335. The lowest BCUT2D eigenvalue weighted by molar-refractivity contribution is 0.0489. The van der Waals surface area contributed by atoms with Crippen LogP contribution in [0.2, 0.25) is 0 Å². The number of nitrogens with zero attached hydrogens (tertiary/aromatic N) is 1. The zero-order valence-corrected chi connectivity index (χ0v) is 12.5. The number of aromatic nitrogens is 2. The predicted molar refractivity (Wildman–Crippen MR) is 82.6 cm³/mol. The number of H-pyrrole nitrogens is 1. The van der Waals surface area contributed by atoms with E-state index < -0.39 is 25.0 Å². The lowest BCUT2D eigenvalue weighted by Gasteiger charge is -2.07. The first-order chi connectivity index (χ1) is 11.1. The van der Waals surface area contributed by atoms with Crippen molar-refractivity contribution in [2.75, 3.05) is 6.54 Å². The van der Waals surface area contributed by atoms with E-state index in [1.165, 1.54) is 11.3 Å². The fraction of sp³-hybridized carbons (Fsp3) is 0.200. The zero-order valence-electron chi connectivity index (χ0n) is 11.7. The molecular formula is C15H12F3N3OS. The van der Waals surface area contributed by atoms with Crippen molar-refractivity contribution in [1.82, 2.24) is 15.3 Å². The van der Waals surface area contributed by atoms with Crippen LogP contribution in [0.4, 0.5) is 13.2 Å². The summed E-state index contributed by atoms with van der Waals surface area (Å²) in [4.78, 5) is 20.3. The second-order valence-electron chi connectivity index (χ2n) is 4.82. The molecule has 3 heterocycles. The Labute approximate surface area is 133 Å². The molecule has 23 heavy (non-hydrogen) atoms. The van der Waals surface area contributed by atoms with E-state index in [2.05, 4.69) is 15.3 Å². The molecular weight excluding hydrogens is 327 g/mol. The zero-order chi connectivity index (χ0) is 16.4. The molecule has 0 aromatic carbocycles. The van der Waals surface area contributed by atoms with Crippen LogP contribution in [0.5, 0.6) is 0 Å². The molecule has 0 aliphatic rings. The normalized spacial score (nSPS) is 12.7. The number of carbonyl (C=O) groups excluding carboxylic acids is 1. The van der Waals surface area contributed by atoms with E-state index in [0.717, 1.165) is 21.5 Å². The number of hydrogen-bond acceptors (Lipinski definition) is 3. The van der Waals surface area contributed by atoms with E-state index in [-0.39, 0.29) is 0 Å². The van der Waals surface area contributed by atoms with Crippen molar-refractivity contribution in [1.29, 1.82) is 0 Å². The van der Waals surface area contributed by atoms with E-state index in [9.17, 15) is 18.0 Å². The Morgan fingerprint density at radius 3 is 2.87 bits per heavy atom. The number of fused-ring (bicyclic) bond motifs is 1. The molecule has 0 spiro atoms. The van der Waals surface area contributed by atoms with Gasteiger partial charge in [0.2, 0.25) is 0 Å². The maximum Gasteiger partial charge on any atom is 0.271 e. The molecule has 1 atom stereocenters. The van der Waals surface area contributed by atoms with E-state index in [4.69, 9.17) is 0 Å². The van der Waals surface area contributed by atoms with Crippen LogP contribution in [-0.2, 0) is 0 Å². The Kier molecular flexibility index (Phi) is 4.33. The fourth-order valence-electron chi connectivity index (χ4n) is 2.15. The number of nitrogens with one attached hydrogen (secondary N) is 2. The number of hydrogen-bond donors (Lipinski definition) is 2. The maximum absolute atomic E-state index is 12.8. The number of halogens is 3. The van der Waals surface area contributed by atoms with Gasteiger partial charge in [-0.25, -0.2) is 18.2 Å². The highest BCUT2D eigenvalue weighted by Crippen LogP contribution is 2.32. The summed E-state index contributed by atoms with van der Waals surface area (Å²) in [5.74, 6) is -0.566. The lowest BCUT2D eigenvalue weighted by Crippen LogP contribution is -2.33. The Hall–Kier alpha value is -2.35. The largest absolute Gasteiger partial charge is 0.348 e. The maximum atomic E-state index is 12.8. The molecule has 0 saturated heterocycles. The van der Waals surface area contributed by atoms with Gasteiger partial charge in [-0.1, -0.05) is 0 Å². The number of pyridine rings is 1. The van der Waals surface area contributed by atoms with Crippen molar-refractivity contribution in [3.05, 3.63) is 41.5 Å². The van der Waals surface area contributed by atoms with Crippen LogP contribution in [0, 0.1) is 0 Å². The molecule has 0 fully saturated rings. The van der Waals surface area contributed by atoms with Gasteiger partial charge in [-0.2, -0.15) is 0 Å². The van der Waals surface area contributed by atoms with Crippen LogP contribution in [0.1, 0.15) is 9.67 Å². The van der Waals surface area contributed by atoms with E-state index in [1.54, 1.807) is 24.5 Å². The van der Waals surface area contributed by atoms with Gasteiger partial charge in [0.15, 0.2) is 6.17 Å². The van der Waals surface area contributed by atoms with Gasteiger partial charge in [0.1, 0.15) is 5.65 Å². The summed E-state index contributed by atoms with van der Waals surface area (Å²) >= 11 is 1.21.